The van der Waals surface area contributed by atoms with Crippen LogP contribution in [0, 0.1) is 6.92 Å². The van der Waals surface area contributed by atoms with Crippen molar-refractivity contribution in [3.63, 3.8) is 0 Å². The van der Waals surface area contributed by atoms with Crippen LogP contribution in [0.15, 0.2) is 6.07 Å². The minimum absolute atomic E-state index is 0.195. The summed E-state index contributed by atoms with van der Waals surface area (Å²) in [7, 11) is 3.30. The first-order valence-corrected chi connectivity index (χ1v) is 9.34. The number of carbonyl (C=O) groups excluding carboxylic acids is 2. The van der Waals surface area contributed by atoms with E-state index >= 15 is 0 Å². The van der Waals surface area contributed by atoms with E-state index in [0.29, 0.717) is 4.88 Å². The Kier molecular flexibility index (Phi) is 5.20. The third-order valence-corrected chi connectivity index (χ3v) is 6.00. The van der Waals surface area contributed by atoms with Gasteiger partial charge in [-0.05, 0) is 19.9 Å². The first kappa shape index (κ1) is 19.3. The normalized spacial score (nSPS) is 20.8. The van der Waals surface area contributed by atoms with Gasteiger partial charge < -0.3 is 20.1 Å². The summed E-state index contributed by atoms with van der Waals surface area (Å²) in [5.74, 6) is -1.88. The number of nitrogens with zero attached hydrogens (tertiary/aromatic N) is 3. The maximum Gasteiger partial charge on any atom is 0.326 e. The van der Waals surface area contributed by atoms with E-state index in [4.69, 9.17) is 4.74 Å². The Morgan fingerprint density at radius 2 is 2.15 bits per heavy atom. The fourth-order valence-electron chi connectivity index (χ4n) is 3.34. The molecule has 2 aromatic heterocycles. The molecular formula is C17H22N4O5S. The number of carboxylic acids is 1. The van der Waals surface area contributed by atoms with Crippen molar-refractivity contribution in [3.8, 4) is 0 Å². The van der Waals surface area contributed by atoms with Crippen molar-refractivity contribution in [1.29, 1.82) is 0 Å². The van der Waals surface area contributed by atoms with Gasteiger partial charge in [0.25, 0.3) is 5.91 Å². The standard InChI is InChI=1S/C17H22N4O5S/c1-8-11-6-13(27-16(11)20(3)19-8)14(22)18-9(2)15(23)21-7-10(26-4)5-12(21)17(24)25/h6,9-10,12H,5,7H2,1-4H3,(H,18,22)(H,24,25). The number of hydrogen-bond acceptors (Lipinski definition) is 6. The number of amides is 2. The highest BCUT2D eigenvalue weighted by Gasteiger charge is 2.41. The molecule has 146 valence electrons. The van der Waals surface area contributed by atoms with Crippen molar-refractivity contribution in [2.45, 2.75) is 38.5 Å². The lowest BCUT2D eigenvalue weighted by Gasteiger charge is -2.25. The third kappa shape index (κ3) is 3.54. The van der Waals surface area contributed by atoms with E-state index in [1.165, 1.54) is 23.3 Å². The number of aliphatic carboxylic acids is 1. The molecule has 2 aromatic rings. The number of nitrogens with one attached hydrogen (secondary N) is 1. The molecule has 9 nitrogen and oxygen atoms in total. The molecule has 3 rings (SSSR count). The highest BCUT2D eigenvalue weighted by atomic mass is 32.1. The van der Waals surface area contributed by atoms with Gasteiger partial charge in [-0.25, -0.2) is 4.79 Å². The third-order valence-electron chi connectivity index (χ3n) is 4.80. The number of aromatic nitrogens is 2. The summed E-state index contributed by atoms with van der Waals surface area (Å²) in [5, 5.41) is 17.2. The van der Waals surface area contributed by atoms with Crippen molar-refractivity contribution in [2.24, 2.45) is 7.05 Å². The van der Waals surface area contributed by atoms with Crippen molar-refractivity contribution < 1.29 is 24.2 Å². The number of fused-ring (bicyclic) bond motifs is 1. The van der Waals surface area contributed by atoms with Crippen LogP contribution < -0.4 is 5.32 Å². The maximum atomic E-state index is 12.7. The molecule has 1 aliphatic rings. The van der Waals surface area contributed by atoms with Gasteiger partial charge in [0, 0.05) is 32.5 Å². The van der Waals surface area contributed by atoms with E-state index in [1.807, 2.05) is 14.0 Å². The van der Waals surface area contributed by atoms with Crippen molar-refractivity contribution in [3.05, 3.63) is 16.6 Å². The van der Waals surface area contributed by atoms with Gasteiger partial charge >= 0.3 is 5.97 Å². The SMILES string of the molecule is COC1CC(C(=O)O)N(C(=O)C(C)NC(=O)c2cc3c(C)nn(C)c3s2)C1. The monoisotopic (exact) mass is 394 g/mol. The van der Waals surface area contributed by atoms with Crippen LogP contribution in [-0.4, -0.2) is 69.4 Å². The van der Waals surface area contributed by atoms with Gasteiger partial charge in [-0.3, -0.25) is 14.3 Å². The molecule has 3 atom stereocenters. The first-order valence-electron chi connectivity index (χ1n) is 8.53. The lowest BCUT2D eigenvalue weighted by Crippen LogP contribution is -2.50. The zero-order valence-corrected chi connectivity index (χ0v) is 16.4. The molecule has 0 radical (unpaired) electrons. The van der Waals surface area contributed by atoms with Crippen LogP contribution in [0.1, 0.15) is 28.7 Å². The minimum atomic E-state index is -1.08. The Bertz CT molecular complexity index is 870. The number of carboxylic acid groups (broad SMARTS) is 1. The van der Waals surface area contributed by atoms with Gasteiger partial charge in [-0.15, -0.1) is 11.3 Å². The van der Waals surface area contributed by atoms with Crippen LogP contribution in [0.4, 0.5) is 0 Å². The Morgan fingerprint density at radius 3 is 2.74 bits per heavy atom. The fourth-order valence-corrected chi connectivity index (χ4v) is 4.37. The topological polar surface area (TPSA) is 114 Å². The Hall–Kier alpha value is -2.46. The van der Waals surface area contributed by atoms with E-state index in [2.05, 4.69) is 10.4 Å². The zero-order chi connectivity index (χ0) is 19.9. The van der Waals surface area contributed by atoms with Crippen LogP contribution >= 0.6 is 11.3 Å². The van der Waals surface area contributed by atoms with E-state index in [1.54, 1.807) is 17.7 Å². The summed E-state index contributed by atoms with van der Waals surface area (Å²) < 4.78 is 6.91. The minimum Gasteiger partial charge on any atom is -0.480 e. The second kappa shape index (κ2) is 7.28. The molecule has 1 fully saturated rings. The predicted molar refractivity (Wildman–Crippen MR) is 98.8 cm³/mol. The number of likely N-dealkylation sites (tertiary alicyclic amines) is 1. The molecule has 10 heteroatoms. The highest BCUT2D eigenvalue weighted by Crippen LogP contribution is 2.28. The summed E-state index contributed by atoms with van der Waals surface area (Å²) >= 11 is 1.30. The maximum absolute atomic E-state index is 12.7. The molecule has 0 saturated carbocycles. The number of hydrogen-bond donors (Lipinski definition) is 2. The molecule has 2 amide bonds. The molecular weight excluding hydrogens is 372 g/mol. The molecule has 0 aliphatic carbocycles. The number of aryl methyl sites for hydroxylation is 2. The molecule has 0 bridgehead atoms. The van der Waals surface area contributed by atoms with Crippen LogP contribution in [0.3, 0.4) is 0 Å². The lowest BCUT2D eigenvalue weighted by atomic mass is 10.2. The summed E-state index contributed by atoms with van der Waals surface area (Å²) in [6.45, 7) is 3.62. The number of ether oxygens (including phenoxy) is 1. The predicted octanol–water partition coefficient (Wildman–Crippen LogP) is 0.762. The number of carbonyl (C=O) groups is 3. The summed E-state index contributed by atoms with van der Waals surface area (Å²) in [4.78, 5) is 39.3. The number of thiophene rings is 1. The summed E-state index contributed by atoms with van der Waals surface area (Å²) in [6.07, 6.45) is -0.0862. The van der Waals surface area contributed by atoms with Gasteiger partial charge in [0.2, 0.25) is 5.91 Å². The van der Waals surface area contributed by atoms with Gasteiger partial charge in [0.05, 0.1) is 16.7 Å². The van der Waals surface area contributed by atoms with Crippen molar-refractivity contribution >= 4 is 39.3 Å². The Morgan fingerprint density at radius 1 is 1.44 bits per heavy atom. The average Bonchev–Trinajstić information content (AvgIpc) is 3.30. The van der Waals surface area contributed by atoms with E-state index in [9.17, 15) is 19.5 Å². The molecule has 1 aliphatic heterocycles. The molecule has 0 aromatic carbocycles. The quantitative estimate of drug-likeness (QED) is 0.774. The summed E-state index contributed by atoms with van der Waals surface area (Å²) in [5.41, 5.74) is 0.832. The first-order chi connectivity index (χ1) is 12.7. The number of rotatable bonds is 5. The van der Waals surface area contributed by atoms with Gasteiger partial charge in [0.1, 0.15) is 16.9 Å². The average molecular weight is 394 g/mol. The van der Waals surface area contributed by atoms with Crippen molar-refractivity contribution in [1.82, 2.24) is 20.0 Å². The highest BCUT2D eigenvalue weighted by molar-refractivity contribution is 7.20. The van der Waals surface area contributed by atoms with E-state index < -0.39 is 24.0 Å². The van der Waals surface area contributed by atoms with Gasteiger partial charge in [0.15, 0.2) is 0 Å². The van der Waals surface area contributed by atoms with E-state index in [-0.39, 0.29) is 25.0 Å². The molecule has 0 spiro atoms. The Labute approximate surface area is 159 Å². The number of methoxy groups -OCH3 is 1. The Balaban J connectivity index is 1.72. The second-order valence-electron chi connectivity index (χ2n) is 6.67. The molecule has 3 heterocycles. The van der Waals surface area contributed by atoms with Crippen LogP contribution in [-0.2, 0) is 21.4 Å². The van der Waals surface area contributed by atoms with Crippen molar-refractivity contribution in [2.75, 3.05) is 13.7 Å². The van der Waals surface area contributed by atoms with Gasteiger partial charge in [-0.1, -0.05) is 0 Å². The second-order valence-corrected chi connectivity index (χ2v) is 7.70. The molecule has 27 heavy (non-hydrogen) atoms. The fraction of sp³-hybridized carbons (Fsp3) is 0.529. The molecule has 1 saturated heterocycles. The van der Waals surface area contributed by atoms with Crippen LogP contribution in [0.5, 0.6) is 0 Å². The van der Waals surface area contributed by atoms with Crippen LogP contribution in [0.2, 0.25) is 0 Å². The molecule has 3 unspecified atom stereocenters. The smallest absolute Gasteiger partial charge is 0.326 e. The van der Waals surface area contributed by atoms with E-state index in [0.717, 1.165) is 15.9 Å². The summed E-state index contributed by atoms with van der Waals surface area (Å²) in [6, 6.07) is -0.0367. The lowest BCUT2D eigenvalue weighted by molar-refractivity contribution is -0.148. The van der Waals surface area contributed by atoms with Crippen LogP contribution in [0.25, 0.3) is 10.2 Å². The zero-order valence-electron chi connectivity index (χ0n) is 15.6. The van der Waals surface area contributed by atoms with Gasteiger partial charge in [-0.2, -0.15) is 5.10 Å². The molecule has 2 N–H and O–H groups in total. The largest absolute Gasteiger partial charge is 0.480 e.